The Morgan fingerprint density at radius 2 is 1.61 bits per heavy atom. The van der Waals surface area contributed by atoms with Crippen LogP contribution in [0.15, 0.2) is 52.0 Å². The summed E-state index contributed by atoms with van der Waals surface area (Å²) < 4.78 is 61.4. The number of hydrogen-bond donors (Lipinski definition) is 3. The number of carbonyl (C=O) groups is 1. The minimum atomic E-state index is -3.88. The number of rotatable bonds is 8. The van der Waals surface area contributed by atoms with Crippen LogP contribution in [0, 0.1) is 5.41 Å². The number of benzene rings is 2. The van der Waals surface area contributed by atoms with E-state index in [4.69, 9.17) is 9.52 Å². The van der Waals surface area contributed by atoms with E-state index in [-0.39, 0.29) is 44.0 Å². The highest BCUT2D eigenvalue weighted by Gasteiger charge is 2.44. The maximum Gasteiger partial charge on any atom is 0.257 e. The first-order valence-corrected chi connectivity index (χ1v) is 15.5. The van der Waals surface area contributed by atoms with Gasteiger partial charge in [-0.15, -0.1) is 0 Å². The molecule has 6 rings (SSSR count). The Hall–Kier alpha value is -3.22. The topological polar surface area (TPSA) is 115 Å². The molecular formula is C29H34F2N4O5S. The van der Waals surface area contributed by atoms with Gasteiger partial charge in [-0.25, -0.2) is 21.9 Å². The summed E-state index contributed by atoms with van der Waals surface area (Å²) in [6, 6.07) is 9.71. The van der Waals surface area contributed by atoms with Crippen molar-refractivity contribution in [1.82, 2.24) is 4.72 Å². The van der Waals surface area contributed by atoms with E-state index >= 15 is 0 Å². The second-order valence-corrected chi connectivity index (χ2v) is 13.2. The second kappa shape index (κ2) is 10.6. The lowest BCUT2D eigenvalue weighted by atomic mass is 9.93. The van der Waals surface area contributed by atoms with E-state index in [0.29, 0.717) is 33.6 Å². The number of alkyl halides is 2. The third-order valence-electron chi connectivity index (χ3n) is 8.67. The van der Waals surface area contributed by atoms with E-state index in [1.807, 2.05) is 4.90 Å². The van der Waals surface area contributed by atoms with Crippen molar-refractivity contribution < 1.29 is 31.5 Å². The molecule has 2 saturated heterocycles. The van der Waals surface area contributed by atoms with E-state index in [1.165, 1.54) is 37.3 Å². The van der Waals surface area contributed by atoms with E-state index in [9.17, 15) is 22.0 Å². The predicted molar refractivity (Wildman–Crippen MR) is 152 cm³/mol. The van der Waals surface area contributed by atoms with Crippen LogP contribution in [0.25, 0.3) is 11.0 Å². The van der Waals surface area contributed by atoms with Crippen LogP contribution in [0.4, 0.5) is 25.8 Å². The number of carbonyl (C=O) groups excluding carboxylic acids is 1. The SMILES string of the molecule is O=C(Nc1cc(N2CCC(F)(F)CC2)c2occc2c1)c1ccc(S(=O)(=O)NCCO)cc1N1CCC2(CC1)CC2. The van der Waals surface area contributed by atoms with E-state index in [1.54, 1.807) is 18.2 Å². The number of aliphatic hydroxyl groups excluding tert-OH is 1. The minimum absolute atomic E-state index is 0.0215. The number of fused-ring (bicyclic) bond motifs is 1. The van der Waals surface area contributed by atoms with E-state index in [0.717, 1.165) is 31.3 Å². The summed E-state index contributed by atoms with van der Waals surface area (Å²) in [6.07, 6.45) is 5.42. The van der Waals surface area contributed by atoms with Gasteiger partial charge in [0.1, 0.15) is 0 Å². The number of furan rings is 1. The van der Waals surface area contributed by atoms with Crippen molar-refractivity contribution in [1.29, 1.82) is 0 Å². The van der Waals surface area contributed by atoms with Gasteiger partial charge in [-0.1, -0.05) is 0 Å². The molecule has 1 aliphatic carbocycles. The summed E-state index contributed by atoms with van der Waals surface area (Å²) in [5.74, 6) is -3.10. The molecule has 2 aliphatic heterocycles. The summed E-state index contributed by atoms with van der Waals surface area (Å²) in [6.45, 7) is 1.34. The highest BCUT2D eigenvalue weighted by Crippen LogP contribution is 2.54. The molecule has 0 bridgehead atoms. The zero-order valence-electron chi connectivity index (χ0n) is 22.7. The van der Waals surface area contributed by atoms with Gasteiger partial charge in [0, 0.05) is 56.6 Å². The van der Waals surface area contributed by atoms with Gasteiger partial charge in [-0.2, -0.15) is 0 Å². The summed E-state index contributed by atoms with van der Waals surface area (Å²) in [7, 11) is -3.88. The maximum atomic E-state index is 13.8. The predicted octanol–water partition coefficient (Wildman–Crippen LogP) is 4.57. The Labute approximate surface area is 237 Å². The summed E-state index contributed by atoms with van der Waals surface area (Å²) in [5.41, 5.74) is 2.96. The van der Waals surface area contributed by atoms with Crippen LogP contribution >= 0.6 is 0 Å². The molecule has 3 N–H and O–H groups in total. The average molecular weight is 589 g/mol. The lowest BCUT2D eigenvalue weighted by Gasteiger charge is -2.35. The fourth-order valence-electron chi connectivity index (χ4n) is 5.94. The van der Waals surface area contributed by atoms with E-state index in [2.05, 4.69) is 14.9 Å². The fraction of sp³-hybridized carbons (Fsp3) is 0.483. The number of halogens is 2. The molecule has 3 aliphatic rings. The summed E-state index contributed by atoms with van der Waals surface area (Å²) in [5, 5.41) is 12.8. The van der Waals surface area contributed by atoms with Gasteiger partial charge in [0.2, 0.25) is 10.0 Å². The van der Waals surface area contributed by atoms with Crippen molar-refractivity contribution in [2.45, 2.75) is 49.3 Å². The third-order valence-corrected chi connectivity index (χ3v) is 10.1. The van der Waals surface area contributed by atoms with Gasteiger partial charge in [-0.3, -0.25) is 4.79 Å². The smallest absolute Gasteiger partial charge is 0.257 e. The molecule has 1 aromatic heterocycles. The Bertz CT molecular complexity index is 1550. The first-order valence-electron chi connectivity index (χ1n) is 14.0. The minimum Gasteiger partial charge on any atom is -0.462 e. The molecule has 3 aromatic rings. The number of nitrogens with one attached hydrogen (secondary N) is 2. The highest BCUT2D eigenvalue weighted by molar-refractivity contribution is 7.89. The quantitative estimate of drug-likeness (QED) is 0.353. The van der Waals surface area contributed by atoms with Crippen LogP contribution in [0.3, 0.4) is 0 Å². The molecule has 1 saturated carbocycles. The zero-order valence-corrected chi connectivity index (χ0v) is 23.5. The van der Waals surface area contributed by atoms with Crippen LogP contribution in [0.2, 0.25) is 0 Å². The lowest BCUT2D eigenvalue weighted by molar-refractivity contribution is -0.0220. The van der Waals surface area contributed by atoms with Crippen LogP contribution in [-0.2, 0) is 10.0 Å². The molecule has 41 heavy (non-hydrogen) atoms. The number of piperidine rings is 2. The molecule has 220 valence electrons. The summed E-state index contributed by atoms with van der Waals surface area (Å²) in [4.78, 5) is 17.7. The Kier molecular flexibility index (Phi) is 7.19. The number of nitrogens with zero attached hydrogens (tertiary/aromatic N) is 2. The first kappa shape index (κ1) is 27.9. The number of anilines is 3. The molecule has 2 aromatic carbocycles. The molecule has 3 heterocycles. The maximum absolute atomic E-state index is 13.8. The zero-order chi connectivity index (χ0) is 28.8. The van der Waals surface area contributed by atoms with Crippen LogP contribution in [0.1, 0.15) is 48.9 Å². The Morgan fingerprint density at radius 1 is 0.927 bits per heavy atom. The molecule has 0 radical (unpaired) electrons. The summed E-state index contributed by atoms with van der Waals surface area (Å²) >= 11 is 0. The van der Waals surface area contributed by atoms with Gasteiger partial charge < -0.3 is 24.6 Å². The van der Waals surface area contributed by atoms with Gasteiger partial charge in [0.05, 0.1) is 34.7 Å². The number of aliphatic hydroxyl groups is 1. The fourth-order valence-corrected chi connectivity index (χ4v) is 6.98. The van der Waals surface area contributed by atoms with E-state index < -0.39 is 21.9 Å². The van der Waals surface area contributed by atoms with Crippen molar-refractivity contribution in [3.8, 4) is 0 Å². The normalized spacial score (nSPS) is 20.0. The van der Waals surface area contributed by atoms with Gasteiger partial charge >= 0.3 is 0 Å². The standard InChI is InChI=1S/C29H34F2N4O5S/c30-29(31)8-13-35(14-9-29)25-18-21(17-20-3-16-40-26(20)25)33-27(37)23-2-1-22(41(38,39)32-10-15-36)19-24(23)34-11-6-28(4-5-28)7-12-34/h1-3,16-19,32,36H,4-15H2,(H,33,37). The molecule has 0 unspecified atom stereocenters. The Balaban J connectivity index is 1.30. The van der Waals surface area contributed by atoms with Gasteiger partial charge in [0.25, 0.3) is 11.8 Å². The van der Waals surface area contributed by atoms with Crippen LogP contribution in [0.5, 0.6) is 0 Å². The number of amides is 1. The lowest BCUT2D eigenvalue weighted by Crippen LogP contribution is -2.39. The van der Waals surface area contributed by atoms with Crippen molar-refractivity contribution in [3.63, 3.8) is 0 Å². The van der Waals surface area contributed by atoms with Gasteiger partial charge in [-0.05, 0) is 67.5 Å². The van der Waals surface area contributed by atoms with Crippen molar-refractivity contribution >= 4 is 44.0 Å². The molecule has 1 amide bonds. The van der Waals surface area contributed by atoms with Crippen LogP contribution in [-0.4, -0.2) is 64.7 Å². The molecule has 1 spiro atoms. The molecule has 9 nitrogen and oxygen atoms in total. The third kappa shape index (κ3) is 5.77. The largest absolute Gasteiger partial charge is 0.462 e. The van der Waals surface area contributed by atoms with Crippen molar-refractivity contribution in [2.75, 3.05) is 54.4 Å². The monoisotopic (exact) mass is 588 g/mol. The first-order chi connectivity index (χ1) is 19.6. The molecular weight excluding hydrogens is 554 g/mol. The Morgan fingerprint density at radius 3 is 2.29 bits per heavy atom. The molecule has 12 heteroatoms. The second-order valence-electron chi connectivity index (χ2n) is 11.4. The number of sulfonamides is 1. The van der Waals surface area contributed by atoms with Crippen molar-refractivity contribution in [2.24, 2.45) is 5.41 Å². The highest BCUT2D eigenvalue weighted by atomic mass is 32.2. The number of hydrogen-bond acceptors (Lipinski definition) is 7. The van der Waals surface area contributed by atoms with Gasteiger partial charge in [0.15, 0.2) is 5.58 Å². The van der Waals surface area contributed by atoms with Crippen LogP contribution < -0.4 is 19.8 Å². The van der Waals surface area contributed by atoms with Crippen molar-refractivity contribution in [3.05, 3.63) is 48.2 Å². The average Bonchev–Trinajstić information content (AvgIpc) is 3.53. The molecule has 0 atom stereocenters. The molecule has 3 fully saturated rings.